The van der Waals surface area contributed by atoms with Gasteiger partial charge in [0.1, 0.15) is 22.9 Å². The normalized spacial score (nSPS) is 10.9. The molecule has 4 rings (SSSR count). The lowest BCUT2D eigenvalue weighted by Crippen LogP contribution is -2.28. The van der Waals surface area contributed by atoms with Gasteiger partial charge >= 0.3 is 0 Å². The Kier molecular flexibility index (Phi) is 6.20. The first-order valence-corrected chi connectivity index (χ1v) is 11.2. The monoisotopic (exact) mass is 463 g/mol. The zero-order valence-electron chi connectivity index (χ0n) is 19.2. The predicted octanol–water partition coefficient (Wildman–Crippen LogP) is 4.71. The third-order valence-corrected chi connectivity index (χ3v) is 6.66. The SMILES string of the molecule is COc1ccc(OC)c(NC(=O)Cn2cnc3sc(C)c(-c4ccc(C)c(C)c4)c3c2=O)c1. The molecule has 0 radical (unpaired) electrons. The predicted molar refractivity (Wildman–Crippen MR) is 132 cm³/mol. The van der Waals surface area contributed by atoms with Crippen molar-refractivity contribution in [3.63, 3.8) is 0 Å². The van der Waals surface area contributed by atoms with Crippen molar-refractivity contribution in [3.8, 4) is 22.6 Å². The lowest BCUT2D eigenvalue weighted by molar-refractivity contribution is -0.116. The second-order valence-electron chi connectivity index (χ2n) is 7.80. The van der Waals surface area contributed by atoms with Gasteiger partial charge in [-0.3, -0.25) is 14.2 Å². The molecule has 33 heavy (non-hydrogen) atoms. The highest BCUT2D eigenvalue weighted by Crippen LogP contribution is 2.36. The van der Waals surface area contributed by atoms with Crippen molar-refractivity contribution in [1.29, 1.82) is 0 Å². The highest BCUT2D eigenvalue weighted by molar-refractivity contribution is 7.19. The summed E-state index contributed by atoms with van der Waals surface area (Å²) >= 11 is 1.48. The number of hydrogen-bond acceptors (Lipinski definition) is 6. The Labute approximate surface area is 195 Å². The first-order valence-electron chi connectivity index (χ1n) is 10.4. The van der Waals surface area contributed by atoms with Crippen LogP contribution in [0.2, 0.25) is 0 Å². The fourth-order valence-corrected chi connectivity index (χ4v) is 4.75. The van der Waals surface area contributed by atoms with Crippen molar-refractivity contribution in [2.45, 2.75) is 27.3 Å². The molecule has 8 heteroatoms. The molecule has 7 nitrogen and oxygen atoms in total. The van der Waals surface area contributed by atoms with Crippen LogP contribution in [0.3, 0.4) is 0 Å². The molecule has 0 aliphatic carbocycles. The number of aryl methyl sites for hydroxylation is 3. The number of fused-ring (bicyclic) bond motifs is 1. The number of ether oxygens (including phenoxy) is 2. The molecule has 0 fully saturated rings. The highest BCUT2D eigenvalue weighted by Gasteiger charge is 2.18. The molecule has 0 aliphatic heterocycles. The maximum absolute atomic E-state index is 13.4. The van der Waals surface area contributed by atoms with Crippen LogP contribution < -0.4 is 20.3 Å². The van der Waals surface area contributed by atoms with E-state index in [1.54, 1.807) is 25.3 Å². The number of carbonyl (C=O) groups is 1. The number of nitrogens with one attached hydrogen (secondary N) is 1. The molecule has 2 heterocycles. The van der Waals surface area contributed by atoms with Gasteiger partial charge in [-0.15, -0.1) is 11.3 Å². The largest absolute Gasteiger partial charge is 0.497 e. The number of rotatable bonds is 6. The molecule has 0 aliphatic rings. The second-order valence-corrected chi connectivity index (χ2v) is 9.01. The highest BCUT2D eigenvalue weighted by atomic mass is 32.1. The minimum atomic E-state index is -0.371. The van der Waals surface area contributed by atoms with Crippen molar-refractivity contribution in [3.05, 3.63) is 69.1 Å². The van der Waals surface area contributed by atoms with Crippen LogP contribution in [-0.4, -0.2) is 29.7 Å². The summed E-state index contributed by atoms with van der Waals surface area (Å²) in [7, 11) is 3.07. The Bertz CT molecular complexity index is 1420. The topological polar surface area (TPSA) is 82.4 Å². The third kappa shape index (κ3) is 4.34. The quantitative estimate of drug-likeness (QED) is 0.448. The van der Waals surface area contributed by atoms with Crippen LogP contribution in [0.25, 0.3) is 21.3 Å². The standard InChI is InChI=1S/C25H25N3O4S/c1-14-6-7-17(10-15(14)2)22-16(3)33-24-23(22)25(30)28(13-26-24)12-21(29)27-19-11-18(31-4)8-9-20(19)32-5/h6-11,13H,12H2,1-5H3,(H,27,29). The smallest absolute Gasteiger partial charge is 0.263 e. The van der Waals surface area contributed by atoms with Gasteiger partial charge in [-0.25, -0.2) is 4.98 Å². The summed E-state index contributed by atoms with van der Waals surface area (Å²) in [5.74, 6) is 0.707. The molecule has 0 saturated heterocycles. The zero-order chi connectivity index (χ0) is 23.7. The fraction of sp³-hybridized carbons (Fsp3) is 0.240. The van der Waals surface area contributed by atoms with Gasteiger partial charge in [0, 0.05) is 16.5 Å². The van der Waals surface area contributed by atoms with E-state index in [-0.39, 0.29) is 18.0 Å². The van der Waals surface area contributed by atoms with Gasteiger partial charge in [0.05, 0.1) is 31.6 Å². The Morgan fingerprint density at radius 2 is 1.85 bits per heavy atom. The van der Waals surface area contributed by atoms with Crippen LogP contribution in [0.4, 0.5) is 5.69 Å². The lowest BCUT2D eigenvalue weighted by atomic mass is 9.99. The van der Waals surface area contributed by atoms with Gasteiger partial charge < -0.3 is 14.8 Å². The van der Waals surface area contributed by atoms with Crippen molar-refractivity contribution < 1.29 is 14.3 Å². The summed E-state index contributed by atoms with van der Waals surface area (Å²) in [6, 6.07) is 11.3. The van der Waals surface area contributed by atoms with Crippen LogP contribution in [0.5, 0.6) is 11.5 Å². The van der Waals surface area contributed by atoms with Crippen LogP contribution >= 0.6 is 11.3 Å². The molecule has 4 aromatic rings. The number of aromatic nitrogens is 2. The fourth-order valence-electron chi connectivity index (χ4n) is 3.75. The van der Waals surface area contributed by atoms with E-state index in [4.69, 9.17) is 9.47 Å². The number of methoxy groups -OCH3 is 2. The van der Waals surface area contributed by atoms with Gasteiger partial charge in [0.25, 0.3) is 5.56 Å². The number of carbonyl (C=O) groups excluding carboxylic acids is 1. The van der Waals surface area contributed by atoms with Gasteiger partial charge in [-0.05, 0) is 49.6 Å². The first-order chi connectivity index (χ1) is 15.8. The second kappa shape index (κ2) is 9.07. The molecular weight excluding hydrogens is 438 g/mol. The molecule has 0 atom stereocenters. The van der Waals surface area contributed by atoms with Crippen molar-refractivity contribution in [2.75, 3.05) is 19.5 Å². The minimum Gasteiger partial charge on any atom is -0.497 e. The van der Waals surface area contributed by atoms with E-state index in [2.05, 4.69) is 36.3 Å². The van der Waals surface area contributed by atoms with Gasteiger partial charge in [-0.2, -0.15) is 0 Å². The van der Waals surface area contributed by atoms with Gasteiger partial charge in [0.15, 0.2) is 0 Å². The molecule has 0 saturated carbocycles. The van der Waals surface area contributed by atoms with E-state index in [0.29, 0.717) is 27.4 Å². The molecular formula is C25H25N3O4S. The van der Waals surface area contributed by atoms with Crippen LogP contribution in [0, 0.1) is 20.8 Å². The summed E-state index contributed by atoms with van der Waals surface area (Å²) in [6.45, 7) is 5.92. The molecule has 0 bridgehead atoms. The maximum Gasteiger partial charge on any atom is 0.263 e. The van der Waals surface area contributed by atoms with Crippen LogP contribution in [0.1, 0.15) is 16.0 Å². The van der Waals surface area contributed by atoms with Crippen molar-refractivity contribution in [2.24, 2.45) is 0 Å². The molecule has 2 aromatic heterocycles. The van der Waals surface area contributed by atoms with E-state index in [9.17, 15) is 9.59 Å². The van der Waals surface area contributed by atoms with Crippen molar-refractivity contribution in [1.82, 2.24) is 9.55 Å². The molecule has 170 valence electrons. The summed E-state index contributed by atoms with van der Waals surface area (Å²) in [5.41, 5.74) is 4.42. The average molecular weight is 464 g/mol. The Hall–Kier alpha value is -3.65. The Morgan fingerprint density at radius 3 is 2.55 bits per heavy atom. The van der Waals surface area contributed by atoms with E-state index in [1.807, 2.05) is 13.0 Å². The summed E-state index contributed by atoms with van der Waals surface area (Å²) in [5, 5.41) is 3.33. The number of nitrogens with zero attached hydrogens (tertiary/aromatic N) is 2. The van der Waals surface area contributed by atoms with E-state index in [1.165, 1.54) is 34.9 Å². The molecule has 1 N–H and O–H groups in total. The lowest BCUT2D eigenvalue weighted by Gasteiger charge is -2.12. The van der Waals surface area contributed by atoms with Crippen LogP contribution in [0.15, 0.2) is 47.5 Å². The number of anilines is 1. The number of thiophene rings is 1. The molecule has 1 amide bonds. The summed E-state index contributed by atoms with van der Waals surface area (Å²) < 4.78 is 11.9. The summed E-state index contributed by atoms with van der Waals surface area (Å²) in [6.07, 6.45) is 1.42. The molecule has 0 unspecified atom stereocenters. The number of benzene rings is 2. The molecule has 2 aromatic carbocycles. The Balaban J connectivity index is 1.70. The maximum atomic E-state index is 13.4. The molecule has 0 spiro atoms. The third-order valence-electron chi connectivity index (χ3n) is 5.65. The number of hydrogen-bond donors (Lipinski definition) is 1. The Morgan fingerprint density at radius 1 is 1.06 bits per heavy atom. The first kappa shape index (κ1) is 22.5. The average Bonchev–Trinajstić information content (AvgIpc) is 3.14. The van der Waals surface area contributed by atoms with E-state index in [0.717, 1.165) is 21.6 Å². The van der Waals surface area contributed by atoms with Gasteiger partial charge in [-0.1, -0.05) is 18.2 Å². The number of amides is 1. The zero-order valence-corrected chi connectivity index (χ0v) is 20.0. The van der Waals surface area contributed by atoms with E-state index < -0.39 is 0 Å². The van der Waals surface area contributed by atoms with Crippen molar-refractivity contribution >= 4 is 33.1 Å². The van der Waals surface area contributed by atoms with Gasteiger partial charge in [0.2, 0.25) is 5.91 Å². The summed E-state index contributed by atoms with van der Waals surface area (Å²) in [4.78, 5) is 32.3. The minimum absolute atomic E-state index is 0.177. The van der Waals surface area contributed by atoms with E-state index >= 15 is 0 Å². The van der Waals surface area contributed by atoms with Crippen LogP contribution in [-0.2, 0) is 11.3 Å².